The summed E-state index contributed by atoms with van der Waals surface area (Å²) in [5.41, 5.74) is 1.38. The zero-order valence-electron chi connectivity index (χ0n) is 13.1. The van der Waals surface area contributed by atoms with E-state index in [9.17, 15) is 0 Å². The van der Waals surface area contributed by atoms with Crippen LogP contribution in [0.5, 0.6) is 0 Å². The van der Waals surface area contributed by atoms with Crippen LogP contribution in [0.2, 0.25) is 0 Å². The Morgan fingerprint density at radius 1 is 1.29 bits per heavy atom. The Balaban J connectivity index is 1.84. The highest BCUT2D eigenvalue weighted by Crippen LogP contribution is 2.21. The molecule has 0 aliphatic carbocycles. The second-order valence-corrected chi connectivity index (χ2v) is 6.64. The average molecular weight is 355 g/mol. The molecule has 2 rings (SSSR count). The summed E-state index contributed by atoms with van der Waals surface area (Å²) >= 11 is 3.51. The molecule has 1 heterocycles. The van der Waals surface area contributed by atoms with E-state index in [1.54, 1.807) is 0 Å². The maximum atomic E-state index is 5.44. The molecule has 1 saturated heterocycles. The molecule has 1 aromatic carbocycles. The van der Waals surface area contributed by atoms with E-state index in [4.69, 9.17) is 4.74 Å². The van der Waals surface area contributed by atoms with Gasteiger partial charge in [0.25, 0.3) is 0 Å². The molecule has 1 atom stereocenters. The monoisotopic (exact) mass is 354 g/mol. The molecule has 21 heavy (non-hydrogen) atoms. The van der Waals surface area contributed by atoms with Crippen molar-refractivity contribution in [3.8, 4) is 0 Å². The van der Waals surface area contributed by atoms with Crippen molar-refractivity contribution in [3.63, 3.8) is 0 Å². The van der Waals surface area contributed by atoms with E-state index in [0.717, 1.165) is 37.1 Å². The van der Waals surface area contributed by atoms with Crippen molar-refractivity contribution < 1.29 is 4.74 Å². The maximum Gasteiger partial charge on any atom is 0.0595 e. The third-order valence-corrected chi connectivity index (χ3v) is 4.85. The third kappa shape index (κ3) is 5.37. The Kier molecular flexibility index (Phi) is 7.17. The molecule has 1 aliphatic heterocycles. The van der Waals surface area contributed by atoms with Crippen LogP contribution in [0.3, 0.4) is 0 Å². The highest BCUT2D eigenvalue weighted by Gasteiger charge is 2.19. The van der Waals surface area contributed by atoms with Crippen LogP contribution in [0.4, 0.5) is 0 Å². The number of ether oxygens (including phenoxy) is 1. The van der Waals surface area contributed by atoms with Gasteiger partial charge in [0.05, 0.1) is 6.10 Å². The molecule has 1 unspecified atom stereocenters. The standard InChI is InChI=1S/C17H27BrN2O/c1-3-19-17(14-4-6-15(18)7-5-14)10-13-20-11-8-16(21-2)9-12-20/h4-7,16-17,19H,3,8-13H2,1-2H3. The second-order valence-electron chi connectivity index (χ2n) is 5.73. The van der Waals surface area contributed by atoms with Gasteiger partial charge in [0.2, 0.25) is 0 Å². The smallest absolute Gasteiger partial charge is 0.0595 e. The molecule has 0 saturated carbocycles. The van der Waals surface area contributed by atoms with Gasteiger partial charge in [0, 0.05) is 30.7 Å². The average Bonchev–Trinajstić information content (AvgIpc) is 2.53. The Bertz CT molecular complexity index is 402. The van der Waals surface area contributed by atoms with Crippen molar-refractivity contribution in [3.05, 3.63) is 34.3 Å². The minimum absolute atomic E-state index is 0.447. The van der Waals surface area contributed by atoms with Crippen LogP contribution in [0.1, 0.15) is 37.8 Å². The summed E-state index contributed by atoms with van der Waals surface area (Å²) in [5.74, 6) is 0. The SMILES string of the molecule is CCNC(CCN1CCC(OC)CC1)c1ccc(Br)cc1. The number of halogens is 1. The molecular weight excluding hydrogens is 328 g/mol. The van der Waals surface area contributed by atoms with Gasteiger partial charge in [-0.15, -0.1) is 0 Å². The lowest BCUT2D eigenvalue weighted by atomic mass is 10.0. The van der Waals surface area contributed by atoms with Crippen LogP contribution in [0, 0.1) is 0 Å². The molecule has 118 valence electrons. The molecule has 0 spiro atoms. The first-order valence-corrected chi connectivity index (χ1v) is 8.76. The number of likely N-dealkylation sites (tertiary alicyclic amines) is 1. The van der Waals surface area contributed by atoms with E-state index >= 15 is 0 Å². The van der Waals surface area contributed by atoms with E-state index < -0.39 is 0 Å². The van der Waals surface area contributed by atoms with Crippen LogP contribution in [0.25, 0.3) is 0 Å². The Hall–Kier alpha value is -0.420. The van der Waals surface area contributed by atoms with Crippen molar-refractivity contribution in [2.45, 2.75) is 38.3 Å². The molecule has 0 amide bonds. The van der Waals surface area contributed by atoms with Crippen LogP contribution < -0.4 is 5.32 Å². The van der Waals surface area contributed by atoms with Gasteiger partial charge >= 0.3 is 0 Å². The van der Waals surface area contributed by atoms with E-state index in [1.807, 2.05) is 7.11 Å². The molecule has 0 aromatic heterocycles. The minimum atomic E-state index is 0.447. The lowest BCUT2D eigenvalue weighted by Crippen LogP contribution is -2.38. The number of rotatable bonds is 7. The zero-order valence-corrected chi connectivity index (χ0v) is 14.7. The lowest BCUT2D eigenvalue weighted by molar-refractivity contribution is 0.0401. The molecule has 1 aliphatic rings. The van der Waals surface area contributed by atoms with E-state index in [-0.39, 0.29) is 0 Å². The van der Waals surface area contributed by atoms with Crippen LogP contribution >= 0.6 is 15.9 Å². The maximum absolute atomic E-state index is 5.44. The number of nitrogens with zero attached hydrogens (tertiary/aromatic N) is 1. The second kappa shape index (κ2) is 8.89. The summed E-state index contributed by atoms with van der Waals surface area (Å²) in [6.45, 7) is 6.67. The first-order valence-electron chi connectivity index (χ1n) is 7.97. The van der Waals surface area contributed by atoms with Crippen LogP contribution in [-0.4, -0.2) is 44.3 Å². The number of benzene rings is 1. The van der Waals surface area contributed by atoms with Crippen LogP contribution in [0.15, 0.2) is 28.7 Å². The number of methoxy groups -OCH3 is 1. The van der Waals surface area contributed by atoms with Crippen molar-refractivity contribution in [2.75, 3.05) is 33.3 Å². The van der Waals surface area contributed by atoms with Crippen molar-refractivity contribution in [1.82, 2.24) is 10.2 Å². The number of nitrogens with one attached hydrogen (secondary N) is 1. The van der Waals surface area contributed by atoms with Crippen LogP contribution in [-0.2, 0) is 4.74 Å². The van der Waals surface area contributed by atoms with E-state index in [0.29, 0.717) is 12.1 Å². The fraction of sp³-hybridized carbons (Fsp3) is 0.647. The summed E-state index contributed by atoms with van der Waals surface area (Å²) in [5, 5.41) is 3.61. The van der Waals surface area contributed by atoms with Gasteiger partial charge in [-0.1, -0.05) is 35.0 Å². The van der Waals surface area contributed by atoms with Crippen molar-refractivity contribution in [1.29, 1.82) is 0 Å². The topological polar surface area (TPSA) is 24.5 Å². The predicted molar refractivity (Wildman–Crippen MR) is 91.6 cm³/mol. The Morgan fingerprint density at radius 3 is 2.52 bits per heavy atom. The molecule has 1 N–H and O–H groups in total. The molecule has 4 heteroatoms. The van der Waals surface area contributed by atoms with E-state index in [1.165, 1.54) is 18.4 Å². The summed E-state index contributed by atoms with van der Waals surface area (Å²) < 4.78 is 6.58. The van der Waals surface area contributed by atoms with E-state index in [2.05, 4.69) is 57.3 Å². The Labute approximate surface area is 137 Å². The first-order chi connectivity index (χ1) is 10.2. The quantitative estimate of drug-likeness (QED) is 0.809. The minimum Gasteiger partial charge on any atom is -0.381 e. The first kappa shape index (κ1) is 16.9. The largest absolute Gasteiger partial charge is 0.381 e. The number of hydrogen-bond acceptors (Lipinski definition) is 3. The summed E-state index contributed by atoms with van der Waals surface area (Å²) in [6, 6.07) is 9.14. The summed E-state index contributed by atoms with van der Waals surface area (Å²) in [6.07, 6.45) is 3.96. The third-order valence-electron chi connectivity index (χ3n) is 4.32. The van der Waals surface area contributed by atoms with Gasteiger partial charge in [-0.2, -0.15) is 0 Å². The van der Waals surface area contributed by atoms with Gasteiger partial charge in [-0.25, -0.2) is 0 Å². The molecule has 0 bridgehead atoms. The van der Waals surface area contributed by atoms with Gasteiger partial charge < -0.3 is 15.0 Å². The fourth-order valence-electron chi connectivity index (χ4n) is 3.01. The number of hydrogen-bond donors (Lipinski definition) is 1. The molecule has 3 nitrogen and oxygen atoms in total. The zero-order chi connectivity index (χ0) is 15.1. The molecule has 0 radical (unpaired) electrons. The van der Waals surface area contributed by atoms with Crippen molar-refractivity contribution in [2.24, 2.45) is 0 Å². The molecule has 1 aromatic rings. The Morgan fingerprint density at radius 2 is 1.95 bits per heavy atom. The summed E-state index contributed by atoms with van der Waals surface area (Å²) in [4.78, 5) is 2.57. The highest BCUT2D eigenvalue weighted by molar-refractivity contribution is 9.10. The highest BCUT2D eigenvalue weighted by atomic mass is 79.9. The molecular formula is C17H27BrN2O. The van der Waals surface area contributed by atoms with Gasteiger partial charge in [-0.3, -0.25) is 0 Å². The fourth-order valence-corrected chi connectivity index (χ4v) is 3.27. The molecule has 1 fully saturated rings. The van der Waals surface area contributed by atoms with Crippen molar-refractivity contribution >= 4 is 15.9 Å². The number of piperidine rings is 1. The summed E-state index contributed by atoms with van der Waals surface area (Å²) in [7, 11) is 1.83. The predicted octanol–water partition coefficient (Wildman–Crippen LogP) is 3.60. The lowest BCUT2D eigenvalue weighted by Gasteiger charge is -2.32. The van der Waals surface area contributed by atoms with Gasteiger partial charge in [0.15, 0.2) is 0 Å². The van der Waals surface area contributed by atoms with Gasteiger partial charge in [-0.05, 0) is 50.0 Å². The normalized spacial score (nSPS) is 18.8. The van der Waals surface area contributed by atoms with Gasteiger partial charge in [0.1, 0.15) is 0 Å².